The van der Waals surface area contributed by atoms with Crippen LogP contribution < -0.4 is 14.2 Å². The largest absolute Gasteiger partial charge is 0.454 e. The molecule has 1 fully saturated rings. The number of hydrogen-bond donors (Lipinski definition) is 0. The highest BCUT2D eigenvalue weighted by Crippen LogP contribution is 2.40. The van der Waals surface area contributed by atoms with Crippen molar-refractivity contribution in [2.24, 2.45) is 0 Å². The first-order chi connectivity index (χ1) is 13.7. The van der Waals surface area contributed by atoms with E-state index in [1.54, 1.807) is 11.3 Å². The van der Waals surface area contributed by atoms with Crippen LogP contribution in [0.1, 0.15) is 16.3 Å². The first kappa shape index (κ1) is 17.7. The molecule has 0 aliphatic carbocycles. The van der Waals surface area contributed by atoms with Gasteiger partial charge in [-0.3, -0.25) is 4.90 Å². The molecule has 2 aliphatic heterocycles. The van der Waals surface area contributed by atoms with Crippen molar-refractivity contribution < 1.29 is 18.9 Å². The van der Waals surface area contributed by atoms with Crippen LogP contribution in [-0.2, 0) is 11.3 Å². The number of ether oxygens (including phenoxy) is 4. The van der Waals surface area contributed by atoms with E-state index in [1.807, 2.05) is 18.2 Å². The molecule has 0 bridgehead atoms. The molecule has 1 aromatic carbocycles. The molecule has 3 aromatic rings. The highest BCUT2D eigenvalue weighted by Gasteiger charge is 2.20. The smallest absolute Gasteiger partial charge is 0.231 e. The van der Waals surface area contributed by atoms with Gasteiger partial charge in [0, 0.05) is 24.0 Å². The average molecular weight is 399 g/mol. The molecule has 0 unspecified atom stereocenters. The highest BCUT2D eigenvalue weighted by molar-refractivity contribution is 7.18. The summed E-state index contributed by atoms with van der Waals surface area (Å²) in [6.45, 7) is 8.40. The summed E-state index contributed by atoms with van der Waals surface area (Å²) in [5.41, 5.74) is 1.16. The summed E-state index contributed by atoms with van der Waals surface area (Å²) in [7, 11) is 0. The van der Waals surface area contributed by atoms with Crippen LogP contribution in [0.3, 0.4) is 0 Å². The Morgan fingerprint density at radius 1 is 1.11 bits per heavy atom. The van der Waals surface area contributed by atoms with E-state index in [1.165, 1.54) is 4.88 Å². The van der Waals surface area contributed by atoms with Crippen molar-refractivity contribution in [1.29, 1.82) is 0 Å². The van der Waals surface area contributed by atoms with Gasteiger partial charge in [-0.1, -0.05) is 0 Å². The van der Waals surface area contributed by atoms with Crippen molar-refractivity contribution in [3.63, 3.8) is 0 Å². The minimum absolute atomic E-state index is 0.239. The van der Waals surface area contributed by atoms with Crippen molar-refractivity contribution in [3.8, 4) is 23.1 Å². The van der Waals surface area contributed by atoms with E-state index in [9.17, 15) is 0 Å². The van der Waals surface area contributed by atoms with Crippen LogP contribution >= 0.6 is 11.3 Å². The number of thiophene rings is 1. The molecule has 8 heteroatoms. The molecule has 2 aliphatic rings. The van der Waals surface area contributed by atoms with E-state index in [0.29, 0.717) is 23.9 Å². The second kappa shape index (κ2) is 7.20. The maximum absolute atomic E-state index is 6.22. The lowest BCUT2D eigenvalue weighted by molar-refractivity contribution is 0.0330. The fourth-order valence-corrected chi connectivity index (χ4v) is 4.45. The van der Waals surface area contributed by atoms with Gasteiger partial charge in [-0.25, -0.2) is 4.98 Å². The number of benzene rings is 1. The third-order valence-corrected chi connectivity index (χ3v) is 6.17. The Labute approximate surface area is 166 Å². The van der Waals surface area contributed by atoms with Gasteiger partial charge in [0.2, 0.25) is 12.7 Å². The number of hydrogen-bond acceptors (Lipinski definition) is 8. The number of rotatable bonds is 4. The molecule has 7 nitrogen and oxygen atoms in total. The predicted molar refractivity (Wildman–Crippen MR) is 106 cm³/mol. The van der Waals surface area contributed by atoms with Gasteiger partial charge >= 0.3 is 0 Å². The third kappa shape index (κ3) is 3.28. The standard InChI is InChI=1S/C20H21N3O4S/c1-12-13(2)28-20-18(12)19(21-17(22-20)10-23-5-7-24-8-6-23)27-14-3-4-15-16(9-14)26-11-25-15/h3-4,9H,5-8,10-11H2,1-2H3. The summed E-state index contributed by atoms with van der Waals surface area (Å²) < 4.78 is 22.5. The molecule has 4 heterocycles. The zero-order chi connectivity index (χ0) is 19.1. The molecular formula is C20H21N3O4S. The maximum atomic E-state index is 6.22. The number of nitrogens with zero attached hydrogens (tertiary/aromatic N) is 3. The summed E-state index contributed by atoms with van der Waals surface area (Å²) in [5, 5.41) is 0.978. The number of aryl methyl sites for hydroxylation is 2. The van der Waals surface area contributed by atoms with E-state index in [2.05, 4.69) is 18.7 Å². The Morgan fingerprint density at radius 2 is 1.93 bits per heavy atom. The van der Waals surface area contributed by atoms with Gasteiger partial charge in [0.15, 0.2) is 11.5 Å². The van der Waals surface area contributed by atoms with Crippen molar-refractivity contribution >= 4 is 21.6 Å². The van der Waals surface area contributed by atoms with E-state index >= 15 is 0 Å². The second-order valence-electron chi connectivity index (χ2n) is 6.91. The highest BCUT2D eigenvalue weighted by atomic mass is 32.1. The van der Waals surface area contributed by atoms with E-state index < -0.39 is 0 Å². The summed E-state index contributed by atoms with van der Waals surface area (Å²) in [6.07, 6.45) is 0. The molecule has 0 radical (unpaired) electrons. The molecule has 0 spiro atoms. The molecular weight excluding hydrogens is 378 g/mol. The molecule has 0 amide bonds. The van der Waals surface area contributed by atoms with Crippen LogP contribution in [0.2, 0.25) is 0 Å². The Hall–Kier alpha value is -2.42. The predicted octanol–water partition coefficient (Wildman–Crippen LogP) is 3.66. The SMILES string of the molecule is Cc1sc2nc(CN3CCOCC3)nc(Oc3ccc4c(c3)OCO4)c2c1C. The average Bonchev–Trinajstić information content (AvgIpc) is 3.27. The van der Waals surface area contributed by atoms with Gasteiger partial charge in [-0.05, 0) is 31.5 Å². The first-order valence-electron chi connectivity index (χ1n) is 9.31. The summed E-state index contributed by atoms with van der Waals surface area (Å²) in [6, 6.07) is 5.57. The van der Waals surface area contributed by atoms with Crippen LogP contribution in [0.5, 0.6) is 23.1 Å². The Morgan fingerprint density at radius 3 is 2.79 bits per heavy atom. The minimum Gasteiger partial charge on any atom is -0.454 e. The van der Waals surface area contributed by atoms with Gasteiger partial charge in [-0.15, -0.1) is 11.3 Å². The maximum Gasteiger partial charge on any atom is 0.231 e. The van der Waals surface area contributed by atoms with Crippen LogP contribution in [0.25, 0.3) is 10.2 Å². The Balaban J connectivity index is 1.51. The van der Waals surface area contributed by atoms with E-state index in [0.717, 1.165) is 53.7 Å². The molecule has 28 heavy (non-hydrogen) atoms. The van der Waals surface area contributed by atoms with Crippen LogP contribution in [0.15, 0.2) is 18.2 Å². The Kier molecular flexibility index (Phi) is 4.54. The second-order valence-corrected chi connectivity index (χ2v) is 8.12. The molecule has 1 saturated heterocycles. The van der Waals surface area contributed by atoms with Gasteiger partial charge in [0.05, 0.1) is 25.1 Å². The zero-order valence-corrected chi connectivity index (χ0v) is 16.7. The molecule has 0 N–H and O–H groups in total. The van der Waals surface area contributed by atoms with E-state index in [4.69, 9.17) is 28.9 Å². The van der Waals surface area contributed by atoms with Crippen molar-refractivity contribution in [3.05, 3.63) is 34.5 Å². The lowest BCUT2D eigenvalue weighted by Crippen LogP contribution is -2.36. The van der Waals surface area contributed by atoms with Gasteiger partial charge in [0.1, 0.15) is 16.4 Å². The summed E-state index contributed by atoms with van der Waals surface area (Å²) >= 11 is 1.68. The van der Waals surface area contributed by atoms with Gasteiger partial charge in [0.25, 0.3) is 0 Å². The zero-order valence-electron chi connectivity index (χ0n) is 15.9. The molecule has 0 atom stereocenters. The number of fused-ring (bicyclic) bond motifs is 2. The Bertz CT molecular complexity index is 1030. The van der Waals surface area contributed by atoms with Crippen molar-refractivity contribution in [2.75, 3.05) is 33.1 Å². The summed E-state index contributed by atoms with van der Waals surface area (Å²) in [4.78, 5) is 14.1. The third-order valence-electron chi connectivity index (χ3n) is 5.07. The van der Waals surface area contributed by atoms with Crippen LogP contribution in [0, 0.1) is 13.8 Å². The van der Waals surface area contributed by atoms with Crippen LogP contribution in [-0.4, -0.2) is 48.0 Å². The fourth-order valence-electron chi connectivity index (χ4n) is 3.41. The molecule has 146 valence electrons. The van der Waals surface area contributed by atoms with E-state index in [-0.39, 0.29) is 6.79 Å². The molecule has 5 rings (SSSR count). The molecule has 0 saturated carbocycles. The monoisotopic (exact) mass is 399 g/mol. The minimum atomic E-state index is 0.239. The van der Waals surface area contributed by atoms with Crippen molar-refractivity contribution in [2.45, 2.75) is 20.4 Å². The fraction of sp³-hybridized carbons (Fsp3) is 0.400. The van der Waals surface area contributed by atoms with Crippen LogP contribution in [0.4, 0.5) is 0 Å². The van der Waals surface area contributed by atoms with Gasteiger partial charge in [-0.2, -0.15) is 4.98 Å². The quantitative estimate of drug-likeness (QED) is 0.663. The lowest BCUT2D eigenvalue weighted by Gasteiger charge is -2.25. The molecule has 2 aromatic heterocycles. The summed E-state index contributed by atoms with van der Waals surface area (Å²) in [5.74, 6) is 3.45. The number of aromatic nitrogens is 2. The lowest BCUT2D eigenvalue weighted by atomic mass is 10.2. The van der Waals surface area contributed by atoms with Gasteiger partial charge < -0.3 is 18.9 Å². The van der Waals surface area contributed by atoms with Crippen molar-refractivity contribution in [1.82, 2.24) is 14.9 Å². The number of morpholine rings is 1. The normalized spacial score (nSPS) is 16.6. The first-order valence-corrected chi connectivity index (χ1v) is 10.1. The topological polar surface area (TPSA) is 65.9 Å².